The SMILES string of the molecule is CCCCOc1ccc(C)c(C)c1F. The van der Waals surface area contributed by atoms with E-state index in [-0.39, 0.29) is 5.82 Å². The third-order valence-corrected chi connectivity index (χ3v) is 2.38. The zero-order valence-electron chi connectivity index (χ0n) is 9.06. The fourth-order valence-corrected chi connectivity index (χ4v) is 1.19. The summed E-state index contributed by atoms with van der Waals surface area (Å²) in [4.78, 5) is 0. The van der Waals surface area contributed by atoms with Gasteiger partial charge >= 0.3 is 0 Å². The number of hydrogen-bond donors (Lipinski definition) is 0. The van der Waals surface area contributed by atoms with Gasteiger partial charge in [0.05, 0.1) is 6.61 Å². The Balaban J connectivity index is 2.73. The van der Waals surface area contributed by atoms with Gasteiger partial charge in [0.1, 0.15) is 0 Å². The maximum absolute atomic E-state index is 13.6. The normalized spacial score (nSPS) is 10.3. The van der Waals surface area contributed by atoms with E-state index in [0.717, 1.165) is 18.4 Å². The summed E-state index contributed by atoms with van der Waals surface area (Å²) in [5.41, 5.74) is 1.64. The Morgan fingerprint density at radius 2 is 2.00 bits per heavy atom. The highest BCUT2D eigenvalue weighted by Gasteiger charge is 2.07. The summed E-state index contributed by atoms with van der Waals surface area (Å²) >= 11 is 0. The van der Waals surface area contributed by atoms with Crippen LogP contribution < -0.4 is 4.74 Å². The van der Waals surface area contributed by atoms with Crippen molar-refractivity contribution in [3.8, 4) is 5.75 Å². The zero-order chi connectivity index (χ0) is 10.6. The van der Waals surface area contributed by atoms with Gasteiger partial charge in [0.2, 0.25) is 0 Å². The molecule has 1 rings (SSSR count). The van der Waals surface area contributed by atoms with Crippen LogP contribution in [0.5, 0.6) is 5.75 Å². The first-order chi connectivity index (χ1) is 6.66. The van der Waals surface area contributed by atoms with Crippen LogP contribution in [0.3, 0.4) is 0 Å². The van der Waals surface area contributed by atoms with Gasteiger partial charge in [-0.15, -0.1) is 0 Å². The molecule has 0 unspecified atom stereocenters. The molecule has 0 saturated heterocycles. The van der Waals surface area contributed by atoms with E-state index in [1.165, 1.54) is 0 Å². The molecule has 0 radical (unpaired) electrons. The molecule has 0 heterocycles. The highest BCUT2D eigenvalue weighted by Crippen LogP contribution is 2.22. The summed E-state index contributed by atoms with van der Waals surface area (Å²) in [6.45, 7) is 6.35. The summed E-state index contributed by atoms with van der Waals surface area (Å²) in [6.07, 6.45) is 2.03. The number of unbranched alkanes of at least 4 members (excludes halogenated alkanes) is 1. The summed E-state index contributed by atoms with van der Waals surface area (Å²) in [7, 11) is 0. The quantitative estimate of drug-likeness (QED) is 0.668. The molecular weight excluding hydrogens is 179 g/mol. The Kier molecular flexibility index (Phi) is 3.93. The van der Waals surface area contributed by atoms with E-state index < -0.39 is 0 Å². The second kappa shape index (κ2) is 4.99. The highest BCUT2D eigenvalue weighted by molar-refractivity contribution is 5.35. The van der Waals surface area contributed by atoms with Crippen molar-refractivity contribution >= 4 is 0 Å². The fourth-order valence-electron chi connectivity index (χ4n) is 1.19. The Hall–Kier alpha value is -1.05. The molecule has 0 aromatic heterocycles. The lowest BCUT2D eigenvalue weighted by atomic mass is 10.1. The zero-order valence-corrected chi connectivity index (χ0v) is 9.06. The summed E-state index contributed by atoms with van der Waals surface area (Å²) in [6, 6.07) is 3.59. The van der Waals surface area contributed by atoms with Crippen LogP contribution in [-0.2, 0) is 0 Å². The lowest BCUT2D eigenvalue weighted by Gasteiger charge is -2.09. The van der Waals surface area contributed by atoms with Crippen molar-refractivity contribution in [2.24, 2.45) is 0 Å². The highest BCUT2D eigenvalue weighted by atomic mass is 19.1. The number of hydrogen-bond acceptors (Lipinski definition) is 1. The molecule has 1 aromatic rings. The Bertz CT molecular complexity index is 307. The first-order valence-corrected chi connectivity index (χ1v) is 5.05. The molecule has 0 N–H and O–H groups in total. The van der Waals surface area contributed by atoms with Gasteiger partial charge in [-0.25, -0.2) is 4.39 Å². The van der Waals surface area contributed by atoms with Crippen LogP contribution in [0.15, 0.2) is 12.1 Å². The third-order valence-electron chi connectivity index (χ3n) is 2.38. The predicted molar refractivity (Wildman–Crippen MR) is 56.3 cm³/mol. The first kappa shape index (κ1) is 11.0. The molecule has 1 nitrogen and oxygen atoms in total. The van der Waals surface area contributed by atoms with E-state index >= 15 is 0 Å². The van der Waals surface area contributed by atoms with Gasteiger partial charge in [-0.1, -0.05) is 19.4 Å². The smallest absolute Gasteiger partial charge is 0.168 e. The second-order valence-electron chi connectivity index (χ2n) is 3.52. The number of aryl methyl sites for hydroxylation is 1. The topological polar surface area (TPSA) is 9.23 Å². The summed E-state index contributed by atoms with van der Waals surface area (Å²) < 4.78 is 18.9. The number of halogens is 1. The second-order valence-corrected chi connectivity index (χ2v) is 3.52. The van der Waals surface area contributed by atoms with Crippen LogP contribution in [-0.4, -0.2) is 6.61 Å². The van der Waals surface area contributed by atoms with E-state index in [9.17, 15) is 4.39 Å². The fraction of sp³-hybridized carbons (Fsp3) is 0.500. The molecular formula is C12H17FO. The van der Waals surface area contributed by atoms with E-state index in [2.05, 4.69) is 6.92 Å². The van der Waals surface area contributed by atoms with Gasteiger partial charge < -0.3 is 4.74 Å². The third kappa shape index (κ3) is 2.47. The molecule has 0 aliphatic carbocycles. The lowest BCUT2D eigenvalue weighted by molar-refractivity contribution is 0.293. The minimum Gasteiger partial charge on any atom is -0.491 e. The van der Waals surface area contributed by atoms with Crippen LogP contribution in [0, 0.1) is 19.7 Å². The molecule has 1 aromatic carbocycles. The van der Waals surface area contributed by atoms with Gasteiger partial charge in [-0.2, -0.15) is 0 Å². The minimum atomic E-state index is -0.221. The average Bonchev–Trinajstić information content (AvgIpc) is 2.18. The van der Waals surface area contributed by atoms with Crippen molar-refractivity contribution in [3.63, 3.8) is 0 Å². The number of benzene rings is 1. The average molecular weight is 196 g/mol. The van der Waals surface area contributed by atoms with E-state index in [1.807, 2.05) is 13.0 Å². The molecule has 78 valence electrons. The molecule has 0 aliphatic heterocycles. The van der Waals surface area contributed by atoms with E-state index in [4.69, 9.17) is 4.74 Å². The van der Waals surface area contributed by atoms with Crippen LogP contribution in [0.2, 0.25) is 0 Å². The maximum atomic E-state index is 13.6. The summed E-state index contributed by atoms with van der Waals surface area (Å²) in [5, 5.41) is 0. The monoisotopic (exact) mass is 196 g/mol. The summed E-state index contributed by atoms with van der Waals surface area (Å²) in [5.74, 6) is 0.155. The molecule has 0 amide bonds. The molecule has 0 atom stereocenters. The Morgan fingerprint density at radius 3 is 2.64 bits per heavy atom. The van der Waals surface area contributed by atoms with E-state index in [0.29, 0.717) is 17.9 Å². The van der Waals surface area contributed by atoms with Crippen LogP contribution in [0.4, 0.5) is 4.39 Å². The van der Waals surface area contributed by atoms with Gasteiger partial charge in [0.25, 0.3) is 0 Å². The lowest BCUT2D eigenvalue weighted by Crippen LogP contribution is -2.00. The van der Waals surface area contributed by atoms with Crippen molar-refractivity contribution in [3.05, 3.63) is 29.1 Å². The van der Waals surface area contributed by atoms with Crippen molar-refractivity contribution < 1.29 is 9.13 Å². The number of ether oxygens (including phenoxy) is 1. The Morgan fingerprint density at radius 1 is 1.29 bits per heavy atom. The van der Waals surface area contributed by atoms with Crippen LogP contribution >= 0.6 is 0 Å². The molecule has 0 saturated carbocycles. The van der Waals surface area contributed by atoms with Gasteiger partial charge in [0, 0.05) is 0 Å². The van der Waals surface area contributed by atoms with Crippen molar-refractivity contribution in [1.29, 1.82) is 0 Å². The molecule has 2 heteroatoms. The molecule has 14 heavy (non-hydrogen) atoms. The van der Waals surface area contributed by atoms with Crippen molar-refractivity contribution in [2.45, 2.75) is 33.6 Å². The van der Waals surface area contributed by atoms with Crippen LogP contribution in [0.25, 0.3) is 0 Å². The molecule has 0 spiro atoms. The van der Waals surface area contributed by atoms with Crippen LogP contribution in [0.1, 0.15) is 30.9 Å². The molecule has 0 aliphatic rings. The standard InChI is InChI=1S/C12H17FO/c1-4-5-8-14-11-7-6-9(2)10(3)12(11)13/h6-7H,4-5,8H2,1-3H3. The minimum absolute atomic E-state index is 0.221. The van der Waals surface area contributed by atoms with Gasteiger partial charge in [-0.05, 0) is 37.5 Å². The Labute approximate surface area is 84.9 Å². The molecule has 0 fully saturated rings. The van der Waals surface area contributed by atoms with E-state index in [1.54, 1.807) is 13.0 Å². The van der Waals surface area contributed by atoms with Crippen molar-refractivity contribution in [1.82, 2.24) is 0 Å². The predicted octanol–water partition coefficient (Wildman–Crippen LogP) is 3.62. The maximum Gasteiger partial charge on any atom is 0.168 e. The largest absolute Gasteiger partial charge is 0.491 e. The van der Waals surface area contributed by atoms with Crippen molar-refractivity contribution in [2.75, 3.05) is 6.61 Å². The molecule has 0 bridgehead atoms. The number of rotatable bonds is 4. The van der Waals surface area contributed by atoms with Gasteiger partial charge in [-0.3, -0.25) is 0 Å². The first-order valence-electron chi connectivity index (χ1n) is 5.05. The van der Waals surface area contributed by atoms with Gasteiger partial charge in [0.15, 0.2) is 11.6 Å².